The molecule has 3 unspecified atom stereocenters. The third kappa shape index (κ3) is 20.9. The number of alkyl halides is 4. The summed E-state index contributed by atoms with van der Waals surface area (Å²) in [6, 6.07) is -9.73. The minimum atomic E-state index is -4.51. The summed E-state index contributed by atoms with van der Waals surface area (Å²) in [5, 5.41) is 10.1. The van der Waals surface area contributed by atoms with E-state index in [0.29, 0.717) is 58.0 Å². The van der Waals surface area contributed by atoms with E-state index in [1.54, 1.807) is 11.8 Å². The molecule has 24 nitrogen and oxygen atoms in total. The maximum absolute atomic E-state index is 15.2. The lowest BCUT2D eigenvalue weighted by Crippen LogP contribution is -2.64. The molecule has 28 heteroatoms. The molecule has 4 saturated heterocycles. The Balaban J connectivity index is 1.39. The van der Waals surface area contributed by atoms with Crippen LogP contribution in [0.15, 0.2) is 0 Å². The average Bonchev–Trinajstić information content (AvgIpc) is 0.789. The van der Waals surface area contributed by atoms with Crippen molar-refractivity contribution in [1.29, 1.82) is 0 Å². The Morgan fingerprint density at radius 3 is 1.82 bits per heavy atom. The number of halogens is 4. The Morgan fingerprint density at radius 1 is 0.592 bits per heavy atom. The largest absolute Gasteiger partial charge is 0.393 e. The van der Waals surface area contributed by atoms with Gasteiger partial charge in [-0.15, -0.1) is 11.6 Å². The second kappa shape index (κ2) is 36.4. The van der Waals surface area contributed by atoms with Gasteiger partial charge in [0.2, 0.25) is 70.9 Å². The number of likely N-dealkylation sites (tertiary alicyclic amines) is 1. The minimum Gasteiger partial charge on any atom is -0.343 e. The van der Waals surface area contributed by atoms with Gasteiger partial charge in [0.25, 0.3) is 0 Å². The number of fused-ring (bicyclic) bond motifs is 2. The number of likely N-dealkylation sites (N-methyl/N-ethyl adjacent to an activating group) is 5. The Kier molecular flexibility index (Phi) is 29.9. The van der Waals surface area contributed by atoms with Gasteiger partial charge in [0.05, 0.1) is 25.4 Å². The third-order valence-corrected chi connectivity index (χ3v) is 22.3. The van der Waals surface area contributed by atoms with Crippen LogP contribution in [-0.2, 0) is 57.5 Å². The van der Waals surface area contributed by atoms with Gasteiger partial charge in [-0.3, -0.25) is 57.5 Å². The van der Waals surface area contributed by atoms with Gasteiger partial charge < -0.3 is 60.5 Å². The first-order valence-corrected chi connectivity index (χ1v) is 36.7. The number of carbonyl (C=O) groups is 12. The number of carbonyl (C=O) groups excluding carboxylic acids is 12. The van der Waals surface area contributed by atoms with Crippen LogP contribution in [0.5, 0.6) is 0 Å². The molecule has 4 aliphatic heterocycles. The van der Waals surface area contributed by atoms with Crippen molar-refractivity contribution in [3.63, 3.8) is 0 Å². The molecule has 98 heavy (non-hydrogen) atoms. The highest BCUT2D eigenvalue weighted by Gasteiger charge is 2.49. The van der Waals surface area contributed by atoms with Gasteiger partial charge in [0.1, 0.15) is 53.9 Å². The van der Waals surface area contributed by atoms with Crippen LogP contribution in [-0.4, -0.2) is 250 Å². The molecule has 0 aromatic carbocycles. The van der Waals surface area contributed by atoms with Gasteiger partial charge in [-0.1, -0.05) is 86.0 Å². The number of unbranched alkanes of at least 4 members (excludes halogenated alkanes) is 1. The molecule has 6 aliphatic rings. The van der Waals surface area contributed by atoms with Gasteiger partial charge in [-0.2, -0.15) is 13.2 Å². The van der Waals surface area contributed by atoms with E-state index >= 15 is 4.79 Å². The summed E-state index contributed by atoms with van der Waals surface area (Å²) in [6.45, 7) is 12.1. The number of nitrogens with one attached hydrogen (secondary N) is 4. The van der Waals surface area contributed by atoms with Crippen molar-refractivity contribution in [2.45, 2.75) is 268 Å². The first kappa shape index (κ1) is 80.7. The van der Waals surface area contributed by atoms with Crippen molar-refractivity contribution in [3.05, 3.63) is 0 Å². The highest BCUT2D eigenvalue weighted by molar-refractivity contribution is 6.21. The normalized spacial score (nSPS) is 29.9. The quantitative estimate of drug-likeness (QED) is 0.161. The fraction of sp³-hybridized carbons (Fsp3) is 0.829. The van der Waals surface area contributed by atoms with Crippen LogP contribution in [0.25, 0.3) is 0 Å². The lowest BCUT2D eigenvalue weighted by Gasteiger charge is -2.44. The SMILES string of the molecule is CCCC[C@@H]1NC(=O)[C@H](CCC2CCC(C(F)(F)F)C(Cl)C2)NC(=O)CN(C)C(=O)[C@H](CC2CCCCC2)N(C)C(=O)[C@@H]2CCN2C(=O)CN(C)C(=O)[C@H]([C@@H](C)CC)NC(=O)[C@@H]2CCCCN2C(=O)C[C@@H](C(=O)N2CCCCC2)N(C)C(=O)[C@H](CC(C)C)NC(=O)C(C)(C)N(C)C1=O. The van der Waals surface area contributed by atoms with Crippen LogP contribution in [0, 0.1) is 29.6 Å². The standard InChI is InChI=1S/C70H114ClF3N12O12/c1-13-15-26-50-63(93)83(12)69(6,7)68(98)77-51(37-43(3)4)62(92)81(10)55(66(96)84-33-21-17-22-34-84)40-57(88)85-35-23-20-27-52(85)61(91)78-59(44(5)14-2)67(97)80(9)42-58(89)86-36-32-53(86)65(95)82(11)54(39-45-24-18-16-19-25-45)64(94)79(8)41-56(87)75-49(60(90)76-50)31-29-46-28-30-47(48(71)38-46)70(72,73)74/h43-55,59H,13-42H2,1-12H3,(H,75,87)(H,76,90)(H,77,98)(H,78,91)/t44-,46?,47?,48?,49-,50-,51-,52-,53-,54-,55-,59-/m0/s1. The summed E-state index contributed by atoms with van der Waals surface area (Å²) in [6.07, 6.45) is 4.89. The van der Waals surface area contributed by atoms with E-state index in [4.69, 9.17) is 11.6 Å². The molecule has 12 amide bonds. The molecule has 6 rings (SSSR count). The number of amides is 12. The molecule has 0 spiro atoms. The topological polar surface area (TPSA) is 279 Å². The Bertz CT molecular complexity index is 2820. The zero-order valence-corrected chi connectivity index (χ0v) is 61.0. The second-order valence-corrected chi connectivity index (χ2v) is 30.4. The van der Waals surface area contributed by atoms with E-state index in [1.165, 1.54) is 73.6 Å². The van der Waals surface area contributed by atoms with Gasteiger partial charge in [-0.25, -0.2) is 0 Å². The number of hydrogen-bond donors (Lipinski definition) is 4. The molecule has 12 atom stereocenters. The predicted octanol–water partition coefficient (Wildman–Crippen LogP) is 5.75. The monoisotopic (exact) mass is 1410 g/mol. The van der Waals surface area contributed by atoms with Crippen LogP contribution < -0.4 is 21.3 Å². The van der Waals surface area contributed by atoms with Gasteiger partial charge in [0.15, 0.2) is 0 Å². The number of nitrogens with zero attached hydrogens (tertiary/aromatic N) is 8. The van der Waals surface area contributed by atoms with Crippen LogP contribution in [0.1, 0.15) is 203 Å². The molecule has 554 valence electrons. The molecule has 0 aromatic rings. The maximum Gasteiger partial charge on any atom is 0.393 e. The summed E-state index contributed by atoms with van der Waals surface area (Å²) >= 11 is 6.37. The summed E-state index contributed by atoms with van der Waals surface area (Å²) in [7, 11) is 7.08. The first-order valence-electron chi connectivity index (χ1n) is 36.2. The summed E-state index contributed by atoms with van der Waals surface area (Å²) < 4.78 is 41.9. The van der Waals surface area contributed by atoms with Crippen molar-refractivity contribution in [2.24, 2.45) is 29.6 Å². The molecule has 4 heterocycles. The van der Waals surface area contributed by atoms with Crippen LogP contribution in [0.3, 0.4) is 0 Å². The van der Waals surface area contributed by atoms with Crippen molar-refractivity contribution >= 4 is 82.5 Å². The smallest absolute Gasteiger partial charge is 0.343 e. The number of piperidine rings is 2. The molecular weight excluding hydrogens is 1290 g/mol. The summed E-state index contributed by atoms with van der Waals surface area (Å²) in [5.74, 6) is -10.5. The first-order chi connectivity index (χ1) is 46.1. The average molecular weight is 1410 g/mol. The van der Waals surface area contributed by atoms with Crippen LogP contribution >= 0.6 is 11.6 Å². The Morgan fingerprint density at radius 2 is 1.21 bits per heavy atom. The molecule has 0 bridgehead atoms. The van der Waals surface area contributed by atoms with E-state index < -0.39 is 168 Å². The maximum atomic E-state index is 15.2. The van der Waals surface area contributed by atoms with Crippen LogP contribution in [0.2, 0.25) is 0 Å². The number of rotatable bonds is 13. The molecule has 6 fully saturated rings. The molecular formula is C70H114ClF3N12O12. The van der Waals surface area contributed by atoms with Gasteiger partial charge in [-0.05, 0) is 134 Å². The Hall–Kier alpha value is -6.28. The van der Waals surface area contributed by atoms with Gasteiger partial charge >= 0.3 is 6.18 Å². The van der Waals surface area contributed by atoms with E-state index in [-0.39, 0.29) is 95.1 Å². The fourth-order valence-corrected chi connectivity index (χ4v) is 15.4. The van der Waals surface area contributed by atoms with Gasteiger partial charge in [0, 0.05) is 66.8 Å². The summed E-state index contributed by atoms with van der Waals surface area (Å²) in [5.41, 5.74) is -1.74. The Labute approximate surface area is 583 Å². The van der Waals surface area contributed by atoms with Crippen molar-refractivity contribution < 1.29 is 70.7 Å². The van der Waals surface area contributed by atoms with E-state index in [1.807, 2.05) is 27.7 Å². The highest BCUT2D eigenvalue weighted by atomic mass is 35.5. The van der Waals surface area contributed by atoms with E-state index in [0.717, 1.165) is 48.3 Å². The fourth-order valence-electron chi connectivity index (χ4n) is 14.8. The van der Waals surface area contributed by atoms with Crippen LogP contribution in [0.4, 0.5) is 13.2 Å². The van der Waals surface area contributed by atoms with Crippen molar-refractivity contribution in [2.75, 3.05) is 74.5 Å². The van der Waals surface area contributed by atoms with Crippen molar-refractivity contribution in [3.8, 4) is 0 Å². The molecule has 0 aromatic heterocycles. The van der Waals surface area contributed by atoms with E-state index in [9.17, 15) is 65.9 Å². The number of hydrogen-bond acceptors (Lipinski definition) is 12. The second-order valence-electron chi connectivity index (χ2n) is 29.9. The highest BCUT2D eigenvalue weighted by Crippen LogP contribution is 2.44. The predicted molar refractivity (Wildman–Crippen MR) is 363 cm³/mol. The molecule has 0 radical (unpaired) electrons. The third-order valence-electron chi connectivity index (χ3n) is 21.9. The zero-order chi connectivity index (χ0) is 72.7. The summed E-state index contributed by atoms with van der Waals surface area (Å²) in [4.78, 5) is 188. The molecule has 2 aliphatic carbocycles. The van der Waals surface area contributed by atoms with E-state index in [2.05, 4.69) is 21.3 Å². The molecule has 2 saturated carbocycles. The lowest BCUT2D eigenvalue weighted by atomic mass is 9.78. The minimum absolute atomic E-state index is 0.0152. The lowest BCUT2D eigenvalue weighted by molar-refractivity contribution is -0.182. The molecule has 4 N–H and O–H groups in total. The van der Waals surface area contributed by atoms with Crippen molar-refractivity contribution in [1.82, 2.24) is 60.5 Å². The zero-order valence-electron chi connectivity index (χ0n) is 60.3.